The highest BCUT2D eigenvalue weighted by Gasteiger charge is 2.24. The Morgan fingerprint density at radius 1 is 1.17 bits per heavy atom. The summed E-state index contributed by atoms with van der Waals surface area (Å²) in [5.74, 6) is 2.13. The number of nitrogens with zero attached hydrogens (tertiary/aromatic N) is 1. The quantitative estimate of drug-likeness (QED) is 0.358. The molecule has 186 valence electrons. The van der Waals surface area contributed by atoms with E-state index in [-0.39, 0.29) is 11.9 Å². The number of ether oxygens (including phenoxy) is 3. The van der Waals surface area contributed by atoms with Gasteiger partial charge in [0.2, 0.25) is 5.91 Å². The summed E-state index contributed by atoms with van der Waals surface area (Å²) in [6.07, 6.45) is 6.80. The monoisotopic (exact) mass is 477 g/mol. The summed E-state index contributed by atoms with van der Waals surface area (Å²) in [6, 6.07) is 8.15. The van der Waals surface area contributed by atoms with Gasteiger partial charge in [-0.15, -0.1) is 0 Å². The van der Waals surface area contributed by atoms with Crippen molar-refractivity contribution in [2.45, 2.75) is 53.0 Å². The topological polar surface area (TPSA) is 61.1 Å². The van der Waals surface area contributed by atoms with Crippen molar-refractivity contribution in [3.05, 3.63) is 47.7 Å². The maximum absolute atomic E-state index is 13.1. The normalized spacial score (nSPS) is 16.5. The van der Waals surface area contributed by atoms with Crippen LogP contribution in [0.5, 0.6) is 17.2 Å². The molecule has 0 radical (unpaired) electrons. The average molecular weight is 478 g/mol. The van der Waals surface area contributed by atoms with Crippen LogP contribution in [0, 0.1) is 6.92 Å². The molecule has 6 nitrogen and oxygen atoms in total. The van der Waals surface area contributed by atoms with Crippen LogP contribution < -0.4 is 14.2 Å². The summed E-state index contributed by atoms with van der Waals surface area (Å²) in [6.45, 7) is 9.40. The van der Waals surface area contributed by atoms with Crippen LogP contribution in [-0.4, -0.2) is 44.2 Å². The van der Waals surface area contributed by atoms with Crippen LogP contribution >= 0.6 is 0 Å². The number of aryl methyl sites for hydroxylation is 1. The third-order valence-corrected chi connectivity index (χ3v) is 6.88. The zero-order valence-electron chi connectivity index (χ0n) is 21.6. The third kappa shape index (κ3) is 4.75. The minimum absolute atomic E-state index is 0.0576. The molecule has 1 saturated heterocycles. The number of hydrogen-bond donors (Lipinski definition) is 0. The van der Waals surface area contributed by atoms with E-state index in [1.165, 1.54) is 6.42 Å². The molecule has 4 rings (SSSR count). The van der Waals surface area contributed by atoms with Gasteiger partial charge in [0.25, 0.3) is 0 Å². The number of furan rings is 1. The van der Waals surface area contributed by atoms with Gasteiger partial charge in [-0.3, -0.25) is 4.79 Å². The molecule has 2 heterocycles. The van der Waals surface area contributed by atoms with E-state index in [9.17, 15) is 4.79 Å². The Hall–Kier alpha value is -3.41. The largest absolute Gasteiger partial charge is 0.493 e. The third-order valence-electron chi connectivity index (χ3n) is 6.88. The second kappa shape index (κ2) is 10.5. The second-order valence-electron chi connectivity index (χ2n) is 9.11. The van der Waals surface area contributed by atoms with Gasteiger partial charge in [0.15, 0.2) is 11.5 Å². The van der Waals surface area contributed by atoms with Crippen molar-refractivity contribution < 1.29 is 23.4 Å². The van der Waals surface area contributed by atoms with Crippen molar-refractivity contribution in [3.63, 3.8) is 0 Å². The van der Waals surface area contributed by atoms with Crippen LogP contribution in [0.15, 0.2) is 41.0 Å². The first-order chi connectivity index (χ1) is 16.9. The van der Waals surface area contributed by atoms with Crippen molar-refractivity contribution in [2.75, 3.05) is 27.4 Å². The van der Waals surface area contributed by atoms with Crippen molar-refractivity contribution in [1.82, 2.24) is 4.90 Å². The highest BCUT2D eigenvalue weighted by Crippen LogP contribution is 2.42. The number of methoxy groups -OCH3 is 2. The van der Waals surface area contributed by atoms with Crippen LogP contribution in [0.2, 0.25) is 0 Å². The molecule has 0 saturated carbocycles. The molecule has 0 aliphatic carbocycles. The summed E-state index contributed by atoms with van der Waals surface area (Å²) in [4.78, 5) is 15.1. The number of piperidine rings is 1. The molecule has 1 aromatic heterocycles. The number of benzene rings is 2. The first-order valence-corrected chi connectivity index (χ1v) is 12.3. The second-order valence-corrected chi connectivity index (χ2v) is 9.11. The fraction of sp³-hybridized carbons (Fsp3) is 0.414. The molecule has 1 atom stereocenters. The number of likely N-dealkylation sites (tertiary alicyclic amines) is 1. The van der Waals surface area contributed by atoms with Gasteiger partial charge in [0.1, 0.15) is 11.3 Å². The summed E-state index contributed by atoms with van der Waals surface area (Å²) >= 11 is 0. The van der Waals surface area contributed by atoms with Gasteiger partial charge >= 0.3 is 0 Å². The summed E-state index contributed by atoms with van der Waals surface area (Å²) in [7, 11) is 3.25. The van der Waals surface area contributed by atoms with E-state index in [2.05, 4.69) is 13.0 Å². The van der Waals surface area contributed by atoms with Gasteiger partial charge in [0, 0.05) is 40.7 Å². The number of rotatable bonds is 7. The molecule has 1 aliphatic heterocycles. The van der Waals surface area contributed by atoms with E-state index in [0.717, 1.165) is 63.9 Å². The average Bonchev–Trinajstić information content (AvgIpc) is 3.29. The smallest absolute Gasteiger partial charge is 0.247 e. The number of carbonyl (C=O) groups is 1. The SMILES string of the molecule is CCOc1c(/C(C)=C/C(=O)N2CCCCC2C)cc2c(-c3ccc(OC)c(OC)c3)coc2c1C. The van der Waals surface area contributed by atoms with Crippen molar-refractivity contribution in [3.8, 4) is 28.4 Å². The zero-order chi connectivity index (χ0) is 25.1. The lowest BCUT2D eigenvalue weighted by atomic mass is 9.96. The molecule has 0 N–H and O–H groups in total. The molecular weight excluding hydrogens is 442 g/mol. The van der Waals surface area contributed by atoms with Crippen LogP contribution in [-0.2, 0) is 4.79 Å². The lowest BCUT2D eigenvalue weighted by Crippen LogP contribution is -2.41. The fourth-order valence-electron chi connectivity index (χ4n) is 4.94. The van der Waals surface area contributed by atoms with Gasteiger partial charge in [-0.1, -0.05) is 6.07 Å². The minimum Gasteiger partial charge on any atom is -0.493 e. The Morgan fingerprint density at radius 3 is 2.63 bits per heavy atom. The predicted molar refractivity (Wildman–Crippen MR) is 139 cm³/mol. The number of hydrogen-bond acceptors (Lipinski definition) is 5. The van der Waals surface area contributed by atoms with Crippen LogP contribution in [0.3, 0.4) is 0 Å². The highest BCUT2D eigenvalue weighted by molar-refractivity contribution is 6.02. The maximum Gasteiger partial charge on any atom is 0.247 e. The number of carbonyl (C=O) groups excluding carboxylic acids is 1. The van der Waals surface area contributed by atoms with Crippen molar-refractivity contribution in [1.29, 1.82) is 0 Å². The molecule has 0 spiro atoms. The van der Waals surface area contributed by atoms with E-state index < -0.39 is 0 Å². The van der Waals surface area contributed by atoms with E-state index in [1.54, 1.807) is 26.6 Å². The fourth-order valence-corrected chi connectivity index (χ4v) is 4.94. The number of allylic oxidation sites excluding steroid dienone is 1. The molecular formula is C29H35NO5. The molecule has 0 bridgehead atoms. The molecule has 3 aromatic rings. The lowest BCUT2D eigenvalue weighted by molar-refractivity contribution is -0.129. The predicted octanol–water partition coefficient (Wildman–Crippen LogP) is 6.63. The summed E-state index contributed by atoms with van der Waals surface area (Å²) < 4.78 is 23.0. The molecule has 2 aromatic carbocycles. The first-order valence-electron chi connectivity index (χ1n) is 12.3. The number of amides is 1. The van der Waals surface area contributed by atoms with Crippen molar-refractivity contribution >= 4 is 22.4 Å². The lowest BCUT2D eigenvalue weighted by Gasteiger charge is -2.32. The Bertz CT molecular complexity index is 1260. The molecule has 1 unspecified atom stereocenters. The molecule has 1 amide bonds. The van der Waals surface area contributed by atoms with Crippen molar-refractivity contribution in [2.24, 2.45) is 0 Å². The molecule has 35 heavy (non-hydrogen) atoms. The van der Waals surface area contributed by atoms with Crippen LogP contribution in [0.1, 0.15) is 51.2 Å². The Kier molecular flexibility index (Phi) is 7.39. The van der Waals surface area contributed by atoms with Gasteiger partial charge in [-0.25, -0.2) is 0 Å². The molecule has 1 aliphatic rings. The summed E-state index contributed by atoms with van der Waals surface area (Å²) in [5.41, 5.74) is 5.36. The maximum atomic E-state index is 13.1. The van der Waals surface area contributed by atoms with E-state index in [1.807, 2.05) is 43.9 Å². The van der Waals surface area contributed by atoms with Gasteiger partial charge in [-0.2, -0.15) is 0 Å². The van der Waals surface area contributed by atoms with Gasteiger partial charge < -0.3 is 23.5 Å². The highest BCUT2D eigenvalue weighted by atomic mass is 16.5. The zero-order valence-corrected chi connectivity index (χ0v) is 21.6. The van der Waals surface area contributed by atoms with E-state index >= 15 is 0 Å². The first kappa shape index (κ1) is 24.7. The van der Waals surface area contributed by atoms with E-state index in [0.29, 0.717) is 18.1 Å². The molecule has 1 fully saturated rings. The van der Waals surface area contributed by atoms with E-state index in [4.69, 9.17) is 18.6 Å². The van der Waals surface area contributed by atoms with Crippen LogP contribution in [0.25, 0.3) is 27.7 Å². The Balaban J connectivity index is 1.82. The standard InChI is InChI=1S/C29H35NO5/c1-7-34-28-20(4)29-23(24(17-35-29)21-11-12-25(32-5)26(15-21)33-6)16-22(28)18(2)14-27(31)30-13-9-8-10-19(30)3/h11-12,14-17,19H,7-10,13H2,1-6H3/b18-14+. The Morgan fingerprint density at radius 2 is 1.94 bits per heavy atom. The Labute approximate surface area is 207 Å². The van der Waals surface area contributed by atoms with Gasteiger partial charge in [-0.05, 0) is 76.3 Å². The molecule has 6 heteroatoms. The number of fused-ring (bicyclic) bond motifs is 1. The minimum atomic E-state index is 0.0576. The van der Waals surface area contributed by atoms with Gasteiger partial charge in [0.05, 0.1) is 27.1 Å². The summed E-state index contributed by atoms with van der Waals surface area (Å²) in [5, 5.41) is 0.958. The van der Waals surface area contributed by atoms with Crippen LogP contribution in [0.4, 0.5) is 0 Å².